The number of unbranched alkanes of at least 4 members (excludes halogenated alkanes) is 1. The van der Waals surface area contributed by atoms with Crippen LogP contribution in [0.1, 0.15) is 25.7 Å². The van der Waals surface area contributed by atoms with Crippen LogP contribution in [0.5, 0.6) is 0 Å². The average molecular weight is 822 g/mol. The molecule has 0 aromatic rings. The second kappa shape index (κ2) is 46.8. The van der Waals surface area contributed by atoms with E-state index in [-0.39, 0.29) is 180 Å². The molecule has 274 valence electrons. The maximum atomic E-state index is 10.0. The van der Waals surface area contributed by atoms with Crippen LogP contribution in [0.25, 0.3) is 0 Å². The van der Waals surface area contributed by atoms with E-state index in [2.05, 4.69) is 18.1 Å². The maximum absolute atomic E-state index is 10.0. The van der Waals surface area contributed by atoms with Crippen LogP contribution in [-0.4, -0.2) is 192 Å². The predicted octanol–water partition coefficient (Wildman–Crippen LogP) is -1.93. The van der Waals surface area contributed by atoms with Crippen LogP contribution in [0.4, 0.5) is 9.59 Å². The summed E-state index contributed by atoms with van der Waals surface area (Å²) in [7, 11) is -20.5. The molecule has 0 aliphatic heterocycles. The van der Waals surface area contributed by atoms with E-state index >= 15 is 0 Å². The summed E-state index contributed by atoms with van der Waals surface area (Å²) in [6, 6.07) is 0. The fraction of sp³-hybridized carbons (Fsp3) is 0.500. The molecule has 34 N–H and O–H groups in total. The van der Waals surface area contributed by atoms with Crippen LogP contribution in [0.2, 0.25) is 0 Å². The summed E-state index contributed by atoms with van der Waals surface area (Å²) in [5.74, 6) is -1.74. The van der Waals surface area contributed by atoms with Gasteiger partial charge in [0.25, 0.3) is 0 Å². The van der Waals surface area contributed by atoms with Crippen molar-refractivity contribution >= 4 is 174 Å². The molecule has 0 unspecified atom stereocenters. The van der Waals surface area contributed by atoms with Gasteiger partial charge in [-0.3, -0.25) is 48.7 Å². The molecule has 0 amide bonds. The molecule has 30 nitrogen and oxygen atoms in total. The summed E-state index contributed by atoms with van der Waals surface area (Å²) >= 11 is 0. The van der Waals surface area contributed by atoms with Crippen molar-refractivity contribution in [1.82, 2.24) is 49.2 Å². The summed E-state index contributed by atoms with van der Waals surface area (Å²) in [5, 5.41) is 16.3. The fourth-order valence-electron chi connectivity index (χ4n) is 0.974. The molecule has 0 rings (SSSR count). The van der Waals surface area contributed by atoms with Crippen molar-refractivity contribution in [1.29, 1.82) is 0 Å². The molecule has 0 bridgehead atoms. The van der Waals surface area contributed by atoms with E-state index in [1.54, 1.807) is 0 Å². The van der Waals surface area contributed by atoms with E-state index in [4.69, 9.17) is 49.4 Å². The number of hydrogen-bond donors (Lipinski definition) is 18. The summed E-state index contributed by atoms with van der Waals surface area (Å²) in [6.07, 6.45) is -3.27. The molecule has 0 radical (unpaired) electrons. The minimum absolute atomic E-state index is 0. The first kappa shape index (κ1) is 97.3. The number of phosphoric acid groups is 4. The van der Waals surface area contributed by atoms with Gasteiger partial charge in [-0.2, -0.15) is 0 Å². The molecular formula is C8H46N8Na4O22P4. The van der Waals surface area contributed by atoms with Crippen molar-refractivity contribution in [2.75, 3.05) is 0 Å². The number of carboxylic acids is 2. The Balaban J connectivity index is -0.0000000214. The van der Waals surface area contributed by atoms with Crippen LogP contribution >= 0.6 is 31.3 Å². The van der Waals surface area contributed by atoms with Gasteiger partial charge in [0, 0.05) is 12.8 Å². The molecule has 0 aliphatic rings. The van der Waals surface area contributed by atoms with Crippen LogP contribution in [0.3, 0.4) is 0 Å². The Morgan fingerprint density at radius 3 is 0.609 bits per heavy atom. The molecule has 0 spiro atoms. The average Bonchev–Trinajstić information content (AvgIpc) is 2.44. The van der Waals surface area contributed by atoms with Crippen molar-refractivity contribution in [2.24, 2.45) is 0 Å². The molecule has 0 fully saturated rings. The van der Waals surface area contributed by atoms with Gasteiger partial charge in [-0.05, 0) is 12.8 Å². The van der Waals surface area contributed by atoms with E-state index in [9.17, 15) is 37.4 Å². The summed E-state index contributed by atoms with van der Waals surface area (Å²) in [4.78, 5) is 103. The Hall–Kier alpha value is 1.76. The third-order valence-electron chi connectivity index (χ3n) is 1.81. The van der Waals surface area contributed by atoms with Crippen molar-refractivity contribution in [3.8, 4) is 0 Å². The van der Waals surface area contributed by atoms with Gasteiger partial charge in [-0.15, -0.1) is 0 Å². The standard InChI is InChI=1S/C6H10O4.2CH4O9P2.8H3N.4Na.4H/c7-5(8)3-1-2-4-6(9)10;2*2-1(9-11(3,4)5)10-12(6,7)8;;;;;;;;;;;;;;;;/h1-4H2,(H,7,8)(H,9,10);2*(H2,3,4,5)(H2,6,7,8);8*1H3;;;;;;;;. The van der Waals surface area contributed by atoms with Crippen molar-refractivity contribution < 1.29 is 105 Å². The molecule has 0 saturated heterocycles. The summed E-state index contributed by atoms with van der Waals surface area (Å²) < 4.78 is 51.9. The molecule has 38 heteroatoms. The van der Waals surface area contributed by atoms with Gasteiger partial charge in [-0.25, -0.2) is 27.8 Å². The second-order valence-corrected chi connectivity index (χ2v) is 9.48. The monoisotopic (exact) mass is 822 g/mol. The van der Waals surface area contributed by atoms with Gasteiger partial charge in [0.2, 0.25) is 0 Å². The Bertz CT molecular complexity index is 792. The van der Waals surface area contributed by atoms with Crippen LogP contribution in [0.15, 0.2) is 0 Å². The zero-order chi connectivity index (χ0) is 28.0. The van der Waals surface area contributed by atoms with E-state index < -0.39 is 55.5 Å². The second-order valence-electron chi connectivity index (χ2n) is 4.82. The van der Waals surface area contributed by atoms with Gasteiger partial charge in [-0.1, -0.05) is 0 Å². The van der Waals surface area contributed by atoms with Gasteiger partial charge < -0.3 is 77.5 Å². The van der Waals surface area contributed by atoms with Gasteiger partial charge in [0.05, 0.1) is 0 Å². The zero-order valence-corrected chi connectivity index (χ0v) is 25.2. The minimum atomic E-state index is -5.13. The Kier molecular flexibility index (Phi) is 98.9. The number of phosphoric ester groups is 4. The third kappa shape index (κ3) is 111. The first-order valence-electron chi connectivity index (χ1n) is 7.35. The fourth-order valence-corrected chi connectivity index (χ4v) is 2.02. The van der Waals surface area contributed by atoms with E-state index in [0.29, 0.717) is 12.8 Å². The Morgan fingerprint density at radius 1 is 0.391 bits per heavy atom. The topological polar surface area (TPSA) is 656 Å². The summed E-state index contributed by atoms with van der Waals surface area (Å²) in [6.45, 7) is 0. The number of carboxylic acid groups (broad SMARTS) is 2. The van der Waals surface area contributed by atoms with Crippen LogP contribution < -0.4 is 49.2 Å². The Labute approximate surface area is 349 Å². The Morgan fingerprint density at radius 2 is 0.522 bits per heavy atom. The molecular weight excluding hydrogens is 776 g/mol. The van der Waals surface area contributed by atoms with Gasteiger partial charge in [0.1, 0.15) is 0 Å². The molecule has 0 atom stereocenters. The van der Waals surface area contributed by atoms with Crippen LogP contribution in [-0.2, 0) is 45.9 Å². The predicted molar refractivity (Wildman–Crippen MR) is 166 cm³/mol. The molecule has 0 aliphatic carbocycles. The van der Waals surface area contributed by atoms with Crippen molar-refractivity contribution in [3.05, 3.63) is 0 Å². The SMILES string of the molecule is N.N.N.N.N.N.N.N.O=C(O)CCCCC(=O)O.O=C(OP(=O)(O)O)OP(=O)(O)O.O=C(OP(=O)(O)O)OP(=O)(O)O.[NaH].[NaH].[NaH].[NaH]. The molecule has 0 saturated carbocycles. The number of aliphatic carboxylic acids is 2. The summed E-state index contributed by atoms with van der Waals surface area (Å²) in [5.41, 5.74) is 0. The number of rotatable bonds is 9. The van der Waals surface area contributed by atoms with Gasteiger partial charge in [0.15, 0.2) is 0 Å². The first-order valence-corrected chi connectivity index (χ1v) is 13.5. The third-order valence-corrected chi connectivity index (χ3v) is 3.35. The quantitative estimate of drug-likeness (QED) is 0.0684. The van der Waals surface area contributed by atoms with Crippen molar-refractivity contribution in [2.45, 2.75) is 25.7 Å². The molecule has 0 heterocycles. The number of carbonyl (C=O) groups excluding carboxylic acids is 2. The molecule has 46 heavy (non-hydrogen) atoms. The van der Waals surface area contributed by atoms with Crippen LogP contribution in [0, 0.1) is 0 Å². The van der Waals surface area contributed by atoms with Gasteiger partial charge >= 0.3 is 174 Å². The van der Waals surface area contributed by atoms with E-state index in [1.165, 1.54) is 0 Å². The molecule has 0 aromatic carbocycles. The van der Waals surface area contributed by atoms with E-state index in [0.717, 1.165) is 0 Å². The van der Waals surface area contributed by atoms with Crippen molar-refractivity contribution in [3.63, 3.8) is 0 Å². The number of hydrogen-bond acceptors (Lipinski definition) is 20. The number of carbonyl (C=O) groups is 4. The molecule has 0 aromatic heterocycles. The van der Waals surface area contributed by atoms with E-state index in [1.807, 2.05) is 0 Å². The first-order chi connectivity index (χ1) is 14.8. The normalized spacial score (nSPS) is 8.43. The zero-order valence-electron chi connectivity index (χ0n) is 21.6.